The van der Waals surface area contributed by atoms with E-state index in [4.69, 9.17) is 0 Å². The van der Waals surface area contributed by atoms with Crippen LogP contribution in [0.25, 0.3) is 0 Å². The van der Waals surface area contributed by atoms with E-state index in [1.165, 1.54) is 5.56 Å². The molecular weight excluding hydrogens is 256 g/mol. The molecule has 0 saturated carbocycles. The third-order valence-corrected chi connectivity index (χ3v) is 3.26. The molecule has 0 aromatic heterocycles. The van der Waals surface area contributed by atoms with Gasteiger partial charge < -0.3 is 9.90 Å². The second-order valence-electron chi connectivity index (χ2n) is 3.62. The van der Waals surface area contributed by atoms with Gasteiger partial charge in [0.05, 0.1) is 0 Å². The average Bonchev–Trinajstić information content (AvgIpc) is 2.25. The van der Waals surface area contributed by atoms with Crippen molar-refractivity contribution in [2.24, 2.45) is 5.92 Å². The van der Waals surface area contributed by atoms with Crippen LogP contribution in [-0.4, -0.2) is 11.3 Å². The summed E-state index contributed by atoms with van der Waals surface area (Å²) in [5, 5.41) is 11.2. The van der Waals surface area contributed by atoms with E-state index in [0.29, 0.717) is 12.3 Å². The summed E-state index contributed by atoms with van der Waals surface area (Å²) in [4.78, 5) is 10.3. The molecule has 0 bridgehead atoms. The molecule has 1 aromatic carbocycles. The molecule has 1 unspecified atom stereocenters. The number of carboxylic acids is 1. The van der Waals surface area contributed by atoms with Crippen molar-refractivity contribution in [2.75, 3.05) is 5.33 Å². The summed E-state index contributed by atoms with van der Waals surface area (Å²) in [5.41, 5.74) is 1.25. The molecule has 0 N–H and O–H groups in total. The first-order chi connectivity index (χ1) is 7.22. The van der Waals surface area contributed by atoms with Crippen molar-refractivity contribution in [1.29, 1.82) is 0 Å². The summed E-state index contributed by atoms with van der Waals surface area (Å²) in [6.07, 6.45) is 1.73. The van der Waals surface area contributed by atoms with Crippen molar-refractivity contribution in [1.82, 2.24) is 0 Å². The van der Waals surface area contributed by atoms with Crippen LogP contribution in [0, 0.1) is 5.92 Å². The number of aliphatic carboxylic acids is 1. The molecule has 2 nitrogen and oxygen atoms in total. The lowest BCUT2D eigenvalue weighted by Gasteiger charge is -2.14. The Balaban J connectivity index is 2.43. The van der Waals surface area contributed by atoms with Crippen LogP contribution in [0.2, 0.25) is 0 Å². The SMILES string of the molecule is O=C([O-])CCC(CBr)Cc1ccccc1. The lowest BCUT2D eigenvalue weighted by atomic mass is 9.97. The highest BCUT2D eigenvalue weighted by Crippen LogP contribution is 2.16. The Labute approximate surface area is 98.4 Å². The van der Waals surface area contributed by atoms with Gasteiger partial charge in [-0.25, -0.2) is 0 Å². The highest BCUT2D eigenvalue weighted by molar-refractivity contribution is 9.09. The second-order valence-corrected chi connectivity index (χ2v) is 4.27. The van der Waals surface area contributed by atoms with Gasteiger partial charge in [-0.05, 0) is 30.7 Å². The van der Waals surface area contributed by atoms with E-state index in [1.807, 2.05) is 18.2 Å². The van der Waals surface area contributed by atoms with Crippen LogP contribution >= 0.6 is 15.9 Å². The minimum Gasteiger partial charge on any atom is -0.550 e. The molecule has 0 spiro atoms. The fourth-order valence-electron chi connectivity index (χ4n) is 1.50. The van der Waals surface area contributed by atoms with E-state index in [-0.39, 0.29) is 6.42 Å². The first kappa shape index (κ1) is 12.2. The maximum atomic E-state index is 10.3. The Morgan fingerprint density at radius 2 is 2.00 bits per heavy atom. The molecule has 0 aliphatic carbocycles. The minimum atomic E-state index is -0.964. The Kier molecular flexibility index (Phi) is 5.40. The molecule has 0 aliphatic rings. The number of hydrogen-bond donors (Lipinski definition) is 0. The molecule has 0 saturated heterocycles. The van der Waals surface area contributed by atoms with Crippen molar-refractivity contribution in [3.05, 3.63) is 35.9 Å². The van der Waals surface area contributed by atoms with Gasteiger partial charge in [-0.1, -0.05) is 46.3 Å². The molecule has 0 amide bonds. The summed E-state index contributed by atoms with van der Waals surface area (Å²) in [5.74, 6) is -0.598. The fourth-order valence-corrected chi connectivity index (χ4v) is 2.06. The number of carboxylic acid groups (broad SMARTS) is 1. The van der Waals surface area contributed by atoms with Crippen molar-refractivity contribution in [3.63, 3.8) is 0 Å². The van der Waals surface area contributed by atoms with Gasteiger partial charge in [-0.15, -0.1) is 0 Å². The summed E-state index contributed by atoms with van der Waals surface area (Å²) in [6.45, 7) is 0. The quantitative estimate of drug-likeness (QED) is 0.739. The molecule has 15 heavy (non-hydrogen) atoms. The Bertz CT molecular complexity index is 298. The third-order valence-electron chi connectivity index (χ3n) is 2.34. The van der Waals surface area contributed by atoms with Crippen molar-refractivity contribution in [3.8, 4) is 0 Å². The van der Waals surface area contributed by atoms with Crippen LogP contribution in [0.15, 0.2) is 30.3 Å². The van der Waals surface area contributed by atoms with Gasteiger partial charge in [-0.2, -0.15) is 0 Å². The predicted octanol–water partition coefficient (Wildman–Crippen LogP) is 1.77. The topological polar surface area (TPSA) is 40.1 Å². The van der Waals surface area contributed by atoms with Gasteiger partial charge in [0.2, 0.25) is 0 Å². The molecule has 82 valence electrons. The highest BCUT2D eigenvalue weighted by Gasteiger charge is 2.07. The van der Waals surface area contributed by atoms with Gasteiger partial charge in [0.25, 0.3) is 0 Å². The van der Waals surface area contributed by atoms with Crippen LogP contribution in [-0.2, 0) is 11.2 Å². The smallest absolute Gasteiger partial charge is 0.0414 e. The standard InChI is InChI=1S/C12H15BrO2/c13-9-11(6-7-12(14)15)8-10-4-2-1-3-5-10/h1-5,11H,6-9H2,(H,14,15)/p-1. The third kappa shape index (κ3) is 4.98. The van der Waals surface area contributed by atoms with E-state index in [2.05, 4.69) is 28.1 Å². The Morgan fingerprint density at radius 1 is 1.33 bits per heavy atom. The van der Waals surface area contributed by atoms with Gasteiger partial charge in [0.15, 0.2) is 0 Å². The Hall–Kier alpha value is -0.830. The maximum Gasteiger partial charge on any atom is 0.0414 e. The zero-order valence-electron chi connectivity index (χ0n) is 8.49. The molecule has 0 fully saturated rings. The van der Waals surface area contributed by atoms with Crippen LogP contribution < -0.4 is 5.11 Å². The fraction of sp³-hybridized carbons (Fsp3) is 0.417. The van der Waals surface area contributed by atoms with Crippen LogP contribution in [0.1, 0.15) is 18.4 Å². The maximum absolute atomic E-state index is 10.3. The molecule has 0 aliphatic heterocycles. The number of rotatable bonds is 6. The largest absolute Gasteiger partial charge is 0.550 e. The number of carbonyl (C=O) groups is 1. The van der Waals surface area contributed by atoms with Crippen LogP contribution in [0.3, 0.4) is 0 Å². The van der Waals surface area contributed by atoms with E-state index in [9.17, 15) is 9.90 Å². The normalized spacial score (nSPS) is 12.3. The molecule has 0 radical (unpaired) electrons. The predicted molar refractivity (Wildman–Crippen MR) is 61.7 cm³/mol. The zero-order valence-corrected chi connectivity index (χ0v) is 10.1. The Morgan fingerprint density at radius 3 is 2.53 bits per heavy atom. The summed E-state index contributed by atoms with van der Waals surface area (Å²) in [6, 6.07) is 10.1. The summed E-state index contributed by atoms with van der Waals surface area (Å²) < 4.78 is 0. The second kappa shape index (κ2) is 6.62. The van der Waals surface area contributed by atoms with E-state index < -0.39 is 5.97 Å². The van der Waals surface area contributed by atoms with Crippen molar-refractivity contribution >= 4 is 21.9 Å². The minimum absolute atomic E-state index is 0.142. The average molecular weight is 270 g/mol. The molecule has 1 aromatic rings. The monoisotopic (exact) mass is 269 g/mol. The van der Waals surface area contributed by atoms with Crippen LogP contribution in [0.5, 0.6) is 0 Å². The molecule has 1 rings (SSSR count). The molecular formula is C12H14BrO2-. The lowest BCUT2D eigenvalue weighted by molar-refractivity contribution is -0.306. The van der Waals surface area contributed by atoms with E-state index in [0.717, 1.165) is 11.8 Å². The van der Waals surface area contributed by atoms with Crippen LogP contribution in [0.4, 0.5) is 0 Å². The highest BCUT2D eigenvalue weighted by atomic mass is 79.9. The van der Waals surface area contributed by atoms with Gasteiger partial charge >= 0.3 is 0 Å². The van der Waals surface area contributed by atoms with Gasteiger partial charge in [0.1, 0.15) is 0 Å². The van der Waals surface area contributed by atoms with Gasteiger partial charge in [0, 0.05) is 11.3 Å². The first-order valence-corrected chi connectivity index (χ1v) is 6.14. The lowest BCUT2D eigenvalue weighted by Crippen LogP contribution is -2.23. The zero-order chi connectivity index (χ0) is 11.1. The van der Waals surface area contributed by atoms with Crippen molar-refractivity contribution < 1.29 is 9.90 Å². The number of benzene rings is 1. The number of hydrogen-bond acceptors (Lipinski definition) is 2. The van der Waals surface area contributed by atoms with Gasteiger partial charge in [-0.3, -0.25) is 0 Å². The van der Waals surface area contributed by atoms with Crippen molar-refractivity contribution in [2.45, 2.75) is 19.3 Å². The summed E-state index contributed by atoms with van der Waals surface area (Å²) in [7, 11) is 0. The number of carbonyl (C=O) groups excluding carboxylic acids is 1. The van der Waals surface area contributed by atoms with E-state index in [1.54, 1.807) is 0 Å². The summed E-state index contributed by atoms with van der Waals surface area (Å²) >= 11 is 3.41. The molecule has 0 heterocycles. The number of halogens is 1. The molecule has 1 atom stereocenters. The van der Waals surface area contributed by atoms with E-state index >= 15 is 0 Å². The first-order valence-electron chi connectivity index (χ1n) is 5.02. The number of alkyl halides is 1. The molecule has 3 heteroatoms.